The van der Waals surface area contributed by atoms with Gasteiger partial charge in [-0.25, -0.2) is 0 Å². The van der Waals surface area contributed by atoms with Gasteiger partial charge in [0.1, 0.15) is 5.75 Å². The minimum atomic E-state index is 0.909. The van der Waals surface area contributed by atoms with Crippen LogP contribution in [0.5, 0.6) is 5.75 Å². The molecule has 0 N–H and O–H groups in total. The van der Waals surface area contributed by atoms with Crippen molar-refractivity contribution >= 4 is 22.0 Å². The van der Waals surface area contributed by atoms with Crippen molar-refractivity contribution < 1.29 is 4.74 Å². The van der Waals surface area contributed by atoms with Gasteiger partial charge in [-0.1, -0.05) is 34.7 Å². The Bertz CT molecular complexity index is 307. The van der Waals surface area contributed by atoms with Crippen molar-refractivity contribution in [2.75, 3.05) is 12.4 Å². The Morgan fingerprint density at radius 1 is 1.43 bits per heavy atom. The third kappa shape index (κ3) is 3.18. The Hall–Kier alpha value is -0.760. The average molecular weight is 255 g/mol. The Balaban J connectivity index is 2.86. The Morgan fingerprint density at radius 2 is 2.21 bits per heavy atom. The van der Waals surface area contributed by atoms with Crippen molar-refractivity contribution in [2.24, 2.45) is 0 Å². The summed E-state index contributed by atoms with van der Waals surface area (Å²) in [5.41, 5.74) is 2.42. The molecule has 0 saturated carbocycles. The third-order valence-electron chi connectivity index (χ3n) is 2.06. The molecule has 0 saturated heterocycles. The molecule has 0 aromatic heterocycles. The van der Waals surface area contributed by atoms with Crippen LogP contribution in [0, 0.1) is 0 Å². The van der Waals surface area contributed by atoms with E-state index >= 15 is 0 Å². The van der Waals surface area contributed by atoms with Gasteiger partial charge >= 0.3 is 0 Å². The van der Waals surface area contributed by atoms with Crippen LogP contribution in [0.2, 0.25) is 0 Å². The molecular weight excluding hydrogens is 240 g/mol. The van der Waals surface area contributed by atoms with Crippen LogP contribution in [0.3, 0.4) is 0 Å². The van der Waals surface area contributed by atoms with Gasteiger partial charge in [-0.05, 0) is 36.1 Å². The van der Waals surface area contributed by atoms with Crippen LogP contribution in [-0.2, 0) is 6.42 Å². The summed E-state index contributed by atoms with van der Waals surface area (Å²) in [5.74, 6) is 0.909. The summed E-state index contributed by atoms with van der Waals surface area (Å²) in [5, 5.41) is 1.04. The van der Waals surface area contributed by atoms with Crippen molar-refractivity contribution in [2.45, 2.75) is 12.8 Å². The molecule has 0 unspecified atom stereocenters. The molecule has 0 fully saturated rings. The maximum Gasteiger partial charge on any atom is 0.119 e. The van der Waals surface area contributed by atoms with Crippen LogP contribution in [-0.4, -0.2) is 12.4 Å². The molecule has 0 aliphatic heterocycles. The maximum atomic E-state index is 5.22. The molecular formula is C12H15BrO. The van der Waals surface area contributed by atoms with Crippen molar-refractivity contribution in [1.29, 1.82) is 0 Å². The summed E-state index contributed by atoms with van der Waals surface area (Å²) >= 11 is 3.43. The highest BCUT2D eigenvalue weighted by molar-refractivity contribution is 9.09. The zero-order valence-corrected chi connectivity index (χ0v) is 10.0. The highest BCUT2D eigenvalue weighted by Crippen LogP contribution is 2.19. The predicted octanol–water partition coefficient (Wildman–Crippen LogP) is 3.67. The maximum absolute atomic E-state index is 5.22. The number of halogens is 1. The zero-order chi connectivity index (χ0) is 10.4. The van der Waals surface area contributed by atoms with E-state index in [1.54, 1.807) is 7.11 Å². The largest absolute Gasteiger partial charge is 0.497 e. The SMILES string of the molecule is C=Cc1cc(CCCBr)cc(OC)c1. The van der Waals surface area contributed by atoms with Gasteiger partial charge in [0.2, 0.25) is 0 Å². The van der Waals surface area contributed by atoms with E-state index in [2.05, 4.69) is 34.6 Å². The first-order chi connectivity index (χ1) is 6.80. The summed E-state index contributed by atoms with van der Waals surface area (Å²) < 4.78 is 5.22. The summed E-state index contributed by atoms with van der Waals surface area (Å²) in [6.45, 7) is 3.76. The second-order valence-electron chi connectivity index (χ2n) is 3.11. The van der Waals surface area contributed by atoms with E-state index in [1.807, 2.05) is 12.1 Å². The molecule has 0 aliphatic carbocycles. The normalized spacial score (nSPS) is 9.86. The van der Waals surface area contributed by atoms with E-state index in [0.29, 0.717) is 0 Å². The molecule has 76 valence electrons. The topological polar surface area (TPSA) is 9.23 Å². The van der Waals surface area contributed by atoms with Crippen LogP contribution >= 0.6 is 15.9 Å². The molecule has 1 aromatic carbocycles. The molecule has 0 bridgehead atoms. The molecule has 1 rings (SSSR count). The van der Waals surface area contributed by atoms with Crippen molar-refractivity contribution in [3.05, 3.63) is 35.9 Å². The van der Waals surface area contributed by atoms with Crippen LogP contribution in [0.1, 0.15) is 17.5 Å². The Morgan fingerprint density at radius 3 is 2.79 bits per heavy atom. The van der Waals surface area contributed by atoms with Crippen LogP contribution in [0.15, 0.2) is 24.8 Å². The number of ether oxygens (including phenoxy) is 1. The minimum absolute atomic E-state index is 0.909. The third-order valence-corrected chi connectivity index (χ3v) is 2.62. The second kappa shape index (κ2) is 5.86. The molecule has 0 heterocycles. The monoisotopic (exact) mass is 254 g/mol. The summed E-state index contributed by atoms with van der Waals surface area (Å²) in [7, 11) is 1.69. The molecule has 0 radical (unpaired) electrons. The second-order valence-corrected chi connectivity index (χ2v) is 3.90. The molecule has 0 atom stereocenters. The molecule has 14 heavy (non-hydrogen) atoms. The lowest BCUT2D eigenvalue weighted by atomic mass is 10.1. The summed E-state index contributed by atoms with van der Waals surface area (Å²) in [6, 6.07) is 6.22. The average Bonchev–Trinajstić information content (AvgIpc) is 2.25. The highest BCUT2D eigenvalue weighted by atomic mass is 79.9. The van der Waals surface area contributed by atoms with Crippen molar-refractivity contribution in [1.82, 2.24) is 0 Å². The first kappa shape index (κ1) is 11.3. The van der Waals surface area contributed by atoms with E-state index in [1.165, 1.54) is 5.56 Å². The molecule has 2 heteroatoms. The van der Waals surface area contributed by atoms with E-state index in [0.717, 1.165) is 29.5 Å². The van der Waals surface area contributed by atoms with Crippen LogP contribution in [0.4, 0.5) is 0 Å². The van der Waals surface area contributed by atoms with Gasteiger partial charge in [-0.2, -0.15) is 0 Å². The number of rotatable bonds is 5. The quantitative estimate of drug-likeness (QED) is 0.729. The fraction of sp³-hybridized carbons (Fsp3) is 0.333. The number of methoxy groups -OCH3 is 1. The molecule has 0 aliphatic rings. The molecule has 1 aromatic rings. The van der Waals surface area contributed by atoms with E-state index < -0.39 is 0 Å². The first-order valence-electron chi connectivity index (χ1n) is 4.66. The van der Waals surface area contributed by atoms with Gasteiger partial charge in [-0.15, -0.1) is 0 Å². The standard InChI is InChI=1S/C12H15BrO/c1-3-10-7-11(5-4-6-13)9-12(8-10)14-2/h3,7-9H,1,4-6H2,2H3. The van der Waals surface area contributed by atoms with Gasteiger partial charge < -0.3 is 4.74 Å². The van der Waals surface area contributed by atoms with Gasteiger partial charge in [0, 0.05) is 5.33 Å². The van der Waals surface area contributed by atoms with E-state index in [4.69, 9.17) is 4.74 Å². The minimum Gasteiger partial charge on any atom is -0.497 e. The van der Waals surface area contributed by atoms with Gasteiger partial charge in [-0.3, -0.25) is 0 Å². The predicted molar refractivity (Wildman–Crippen MR) is 65.2 cm³/mol. The van der Waals surface area contributed by atoms with E-state index in [-0.39, 0.29) is 0 Å². The Kier molecular flexibility index (Phi) is 4.74. The lowest BCUT2D eigenvalue weighted by Crippen LogP contribution is -1.90. The van der Waals surface area contributed by atoms with Crippen LogP contribution in [0.25, 0.3) is 6.08 Å². The Labute approximate surface area is 93.9 Å². The fourth-order valence-electron chi connectivity index (χ4n) is 1.34. The number of alkyl halides is 1. The first-order valence-corrected chi connectivity index (χ1v) is 5.78. The van der Waals surface area contributed by atoms with Crippen molar-refractivity contribution in [3.8, 4) is 5.75 Å². The number of hydrogen-bond donors (Lipinski definition) is 0. The molecule has 1 nitrogen and oxygen atoms in total. The highest BCUT2D eigenvalue weighted by Gasteiger charge is 1.99. The smallest absolute Gasteiger partial charge is 0.119 e. The van der Waals surface area contributed by atoms with E-state index in [9.17, 15) is 0 Å². The lowest BCUT2D eigenvalue weighted by molar-refractivity contribution is 0.414. The zero-order valence-electron chi connectivity index (χ0n) is 8.42. The fourth-order valence-corrected chi connectivity index (χ4v) is 1.62. The molecule has 0 amide bonds. The number of hydrogen-bond acceptors (Lipinski definition) is 1. The molecule has 0 spiro atoms. The lowest BCUT2D eigenvalue weighted by Gasteiger charge is -2.06. The summed E-state index contributed by atoms with van der Waals surface area (Å²) in [6.07, 6.45) is 4.06. The van der Waals surface area contributed by atoms with Crippen molar-refractivity contribution in [3.63, 3.8) is 0 Å². The number of benzene rings is 1. The van der Waals surface area contributed by atoms with Gasteiger partial charge in [0.15, 0.2) is 0 Å². The number of aryl methyl sites for hydroxylation is 1. The summed E-state index contributed by atoms with van der Waals surface area (Å²) in [4.78, 5) is 0. The van der Waals surface area contributed by atoms with Gasteiger partial charge in [0.25, 0.3) is 0 Å². The van der Waals surface area contributed by atoms with Gasteiger partial charge in [0.05, 0.1) is 7.11 Å². The van der Waals surface area contributed by atoms with Crippen LogP contribution < -0.4 is 4.74 Å².